The highest BCUT2D eigenvalue weighted by atomic mass is 32.2. The third kappa shape index (κ3) is 7.33. The quantitative estimate of drug-likeness (QED) is 0.213. The molecule has 0 aliphatic heterocycles. The second-order valence-corrected chi connectivity index (χ2v) is 15.9. The second-order valence-electron chi connectivity index (χ2n) is 12.5. The molecule has 3 aliphatic rings. The van der Waals surface area contributed by atoms with Gasteiger partial charge in [-0.05, 0) is 98.0 Å². The van der Waals surface area contributed by atoms with Crippen LogP contribution in [0.4, 0.5) is 0 Å². The van der Waals surface area contributed by atoms with Crippen LogP contribution in [-0.4, -0.2) is 31.4 Å². The summed E-state index contributed by atoms with van der Waals surface area (Å²) < 4.78 is 24.4. The average molecular weight is 533 g/mol. The van der Waals surface area contributed by atoms with E-state index in [1.165, 1.54) is 77.0 Å². The van der Waals surface area contributed by atoms with Gasteiger partial charge >= 0.3 is 0 Å². The van der Waals surface area contributed by atoms with Crippen LogP contribution >= 0.6 is 0 Å². The Hall–Kier alpha value is -0.480. The van der Waals surface area contributed by atoms with Crippen molar-refractivity contribution in [1.82, 2.24) is 0 Å². The third-order valence-electron chi connectivity index (χ3n) is 10.0. The Kier molecular flexibility index (Phi) is 11.1. The largest absolute Gasteiger partial charge is 0.260 e. The van der Waals surface area contributed by atoms with Crippen LogP contribution in [0.15, 0.2) is 24.3 Å². The second kappa shape index (κ2) is 14.1. The zero-order valence-corrected chi connectivity index (χ0v) is 24.8. The molecule has 2 nitrogen and oxygen atoms in total. The standard InChI is InChI=1S/C32H52O2S2/c1-3-4-10-21-35(33)23-13-24-36(34)22-11-6-5-7-15-27-25-26-14-8-9-16-28(26)29-18-20-32(2)19-12-17-30(32)31(27)29/h8-9,14,16,27,29-31H,3-7,10-13,15,17-25H2,1-2H3/t27-,29-,30+,31-,32+,35?,36?/m1/s1. The first-order chi connectivity index (χ1) is 17.5. The lowest BCUT2D eigenvalue weighted by atomic mass is 9.52. The maximum atomic E-state index is 12.4. The van der Waals surface area contributed by atoms with Crippen LogP contribution in [0.25, 0.3) is 0 Å². The lowest BCUT2D eigenvalue weighted by molar-refractivity contribution is 0.0225. The number of hydrogen-bond donors (Lipinski definition) is 0. The van der Waals surface area contributed by atoms with Gasteiger partial charge in [0.2, 0.25) is 0 Å². The molecule has 0 radical (unpaired) electrons. The van der Waals surface area contributed by atoms with Crippen LogP contribution in [0, 0.1) is 23.2 Å². The molecule has 3 aliphatic carbocycles. The summed E-state index contributed by atoms with van der Waals surface area (Å²) in [6.07, 6.45) is 19.1. The molecule has 0 amide bonds. The minimum Gasteiger partial charge on any atom is -0.260 e. The van der Waals surface area contributed by atoms with Crippen LogP contribution in [0.5, 0.6) is 0 Å². The number of unbranched alkanes of at least 4 members (excludes halogenated alkanes) is 5. The number of benzene rings is 1. The van der Waals surface area contributed by atoms with Crippen molar-refractivity contribution in [3.8, 4) is 0 Å². The van der Waals surface area contributed by atoms with Crippen LogP contribution in [0.2, 0.25) is 0 Å². The van der Waals surface area contributed by atoms with E-state index < -0.39 is 21.6 Å². The van der Waals surface area contributed by atoms with Gasteiger partial charge in [-0.15, -0.1) is 0 Å². The molecule has 0 saturated heterocycles. The first-order valence-electron chi connectivity index (χ1n) is 15.3. The summed E-state index contributed by atoms with van der Waals surface area (Å²) in [5.41, 5.74) is 3.95. The molecule has 0 bridgehead atoms. The normalized spacial score (nSPS) is 30.8. The Bertz CT molecular complexity index is 867. The lowest BCUT2D eigenvalue weighted by Crippen LogP contribution is -2.44. The minimum atomic E-state index is -0.726. The van der Waals surface area contributed by atoms with Gasteiger partial charge in [0.1, 0.15) is 0 Å². The predicted molar refractivity (Wildman–Crippen MR) is 158 cm³/mol. The Labute approximate surface area is 227 Å². The van der Waals surface area contributed by atoms with Crippen molar-refractivity contribution in [1.29, 1.82) is 0 Å². The molecule has 1 aromatic carbocycles. The SMILES string of the molecule is CCCCCS(=O)CCCS(=O)CCCCCC[C@@H]1Cc2ccccc2[C@H]2CC[C@]3(C)CCC[C@H]3[C@H]12. The predicted octanol–water partition coefficient (Wildman–Crippen LogP) is 8.19. The van der Waals surface area contributed by atoms with Crippen LogP contribution < -0.4 is 0 Å². The Balaban J connectivity index is 1.17. The first-order valence-corrected chi connectivity index (χ1v) is 18.3. The highest BCUT2D eigenvalue weighted by Crippen LogP contribution is 2.62. The number of rotatable bonds is 15. The van der Waals surface area contributed by atoms with E-state index >= 15 is 0 Å². The van der Waals surface area contributed by atoms with Crippen molar-refractivity contribution in [2.45, 2.75) is 116 Å². The van der Waals surface area contributed by atoms with Gasteiger partial charge in [-0.2, -0.15) is 0 Å². The van der Waals surface area contributed by atoms with Crippen molar-refractivity contribution >= 4 is 21.6 Å². The van der Waals surface area contributed by atoms with E-state index in [2.05, 4.69) is 38.1 Å². The third-order valence-corrected chi connectivity index (χ3v) is 13.0. The van der Waals surface area contributed by atoms with Gasteiger partial charge in [-0.1, -0.05) is 76.6 Å². The summed E-state index contributed by atoms with van der Waals surface area (Å²) in [7, 11) is -1.43. The molecule has 4 rings (SSSR count). The number of fused-ring (bicyclic) bond motifs is 5. The smallest absolute Gasteiger partial charge is 0.0243 e. The molecule has 36 heavy (non-hydrogen) atoms. The van der Waals surface area contributed by atoms with Crippen molar-refractivity contribution in [2.24, 2.45) is 23.2 Å². The Morgan fingerprint density at radius 3 is 2.31 bits per heavy atom. The first kappa shape index (κ1) is 28.5. The van der Waals surface area contributed by atoms with Crippen molar-refractivity contribution in [3.63, 3.8) is 0 Å². The topological polar surface area (TPSA) is 34.1 Å². The lowest BCUT2D eigenvalue weighted by Gasteiger charge is -2.52. The molecular weight excluding hydrogens is 480 g/mol. The van der Waals surface area contributed by atoms with Gasteiger partial charge in [0.05, 0.1) is 0 Å². The average Bonchev–Trinajstić information content (AvgIpc) is 3.27. The minimum absolute atomic E-state index is 0.609. The van der Waals surface area contributed by atoms with Gasteiger partial charge in [0, 0.05) is 44.6 Å². The van der Waals surface area contributed by atoms with Gasteiger partial charge in [-0.3, -0.25) is 8.42 Å². The monoisotopic (exact) mass is 532 g/mol. The van der Waals surface area contributed by atoms with E-state index in [1.807, 2.05) is 0 Å². The fourth-order valence-corrected chi connectivity index (χ4v) is 10.7. The molecule has 2 fully saturated rings. The van der Waals surface area contributed by atoms with Gasteiger partial charge in [0.25, 0.3) is 0 Å². The van der Waals surface area contributed by atoms with Gasteiger partial charge in [-0.25, -0.2) is 0 Å². The summed E-state index contributed by atoms with van der Waals surface area (Å²) >= 11 is 0. The molecule has 7 atom stereocenters. The highest BCUT2D eigenvalue weighted by molar-refractivity contribution is 7.85. The van der Waals surface area contributed by atoms with Crippen molar-refractivity contribution < 1.29 is 8.42 Å². The van der Waals surface area contributed by atoms with Crippen LogP contribution in [0.3, 0.4) is 0 Å². The molecule has 0 spiro atoms. The zero-order valence-electron chi connectivity index (χ0n) is 23.2. The molecule has 0 aromatic heterocycles. The Morgan fingerprint density at radius 1 is 0.833 bits per heavy atom. The summed E-state index contributed by atoms with van der Waals surface area (Å²) in [6.45, 7) is 4.79. The fraction of sp³-hybridized carbons (Fsp3) is 0.812. The van der Waals surface area contributed by atoms with E-state index in [1.54, 1.807) is 11.1 Å². The van der Waals surface area contributed by atoms with E-state index in [0.29, 0.717) is 5.41 Å². The summed E-state index contributed by atoms with van der Waals surface area (Å²) in [5, 5.41) is 0. The maximum Gasteiger partial charge on any atom is 0.0243 e. The molecular formula is C32H52O2S2. The van der Waals surface area contributed by atoms with E-state index in [9.17, 15) is 8.42 Å². The van der Waals surface area contributed by atoms with Gasteiger partial charge < -0.3 is 0 Å². The van der Waals surface area contributed by atoms with Crippen LogP contribution in [-0.2, 0) is 28.0 Å². The summed E-state index contributed by atoms with van der Waals surface area (Å²) in [4.78, 5) is 0. The zero-order chi connectivity index (χ0) is 25.4. The molecule has 204 valence electrons. The molecule has 4 heteroatoms. The summed E-state index contributed by atoms with van der Waals surface area (Å²) in [6, 6.07) is 9.39. The Morgan fingerprint density at radius 2 is 1.53 bits per heavy atom. The molecule has 1 aromatic rings. The van der Waals surface area contributed by atoms with Crippen molar-refractivity contribution in [2.75, 3.05) is 23.0 Å². The fourth-order valence-electron chi connectivity index (χ4n) is 8.12. The maximum absolute atomic E-state index is 12.4. The molecule has 2 saturated carbocycles. The molecule has 2 unspecified atom stereocenters. The molecule has 0 heterocycles. The number of hydrogen-bond acceptors (Lipinski definition) is 2. The van der Waals surface area contributed by atoms with E-state index in [4.69, 9.17) is 0 Å². The highest BCUT2D eigenvalue weighted by Gasteiger charge is 2.52. The van der Waals surface area contributed by atoms with Gasteiger partial charge in [0.15, 0.2) is 0 Å². The molecule has 0 N–H and O–H groups in total. The van der Waals surface area contributed by atoms with E-state index in [0.717, 1.165) is 65.9 Å². The summed E-state index contributed by atoms with van der Waals surface area (Å²) in [5.74, 6) is 6.66. The van der Waals surface area contributed by atoms with E-state index in [-0.39, 0.29) is 0 Å². The van der Waals surface area contributed by atoms with Crippen molar-refractivity contribution in [3.05, 3.63) is 35.4 Å². The van der Waals surface area contributed by atoms with Crippen LogP contribution in [0.1, 0.15) is 121 Å².